The molecule has 1 fully saturated rings. The number of rotatable bonds is 3. The fourth-order valence-corrected chi connectivity index (χ4v) is 2.70. The average molecular weight is 358 g/mol. The first-order chi connectivity index (χ1) is 12.2. The maximum Gasteiger partial charge on any atom is 0.410 e. The van der Waals surface area contributed by atoms with Gasteiger partial charge in [0.05, 0.1) is 0 Å². The summed E-state index contributed by atoms with van der Waals surface area (Å²) < 4.78 is 5.37. The molecule has 0 N–H and O–H groups in total. The minimum absolute atomic E-state index is 0.0261. The van der Waals surface area contributed by atoms with Crippen molar-refractivity contribution in [3.8, 4) is 0 Å². The van der Waals surface area contributed by atoms with Crippen molar-refractivity contribution in [3.63, 3.8) is 0 Å². The SMILES string of the molecule is CC(C)c1ccc(/C=C/C(=O)N2CCN(C(=O)OC(C)(C)C)CC2)cc1. The van der Waals surface area contributed by atoms with Crippen molar-refractivity contribution >= 4 is 18.1 Å². The van der Waals surface area contributed by atoms with Crippen LogP contribution in [-0.4, -0.2) is 53.6 Å². The number of nitrogens with zero attached hydrogens (tertiary/aromatic N) is 2. The van der Waals surface area contributed by atoms with Crippen LogP contribution < -0.4 is 0 Å². The monoisotopic (exact) mass is 358 g/mol. The van der Waals surface area contributed by atoms with Gasteiger partial charge >= 0.3 is 6.09 Å². The largest absolute Gasteiger partial charge is 0.444 e. The van der Waals surface area contributed by atoms with E-state index in [2.05, 4.69) is 26.0 Å². The Morgan fingerprint density at radius 3 is 2.04 bits per heavy atom. The van der Waals surface area contributed by atoms with E-state index in [9.17, 15) is 9.59 Å². The Morgan fingerprint density at radius 1 is 1.00 bits per heavy atom. The number of carbonyl (C=O) groups excluding carboxylic acids is 2. The number of hydrogen-bond donors (Lipinski definition) is 0. The van der Waals surface area contributed by atoms with Crippen LogP contribution in [0.5, 0.6) is 0 Å². The number of carbonyl (C=O) groups is 2. The van der Waals surface area contributed by atoms with Gasteiger partial charge in [-0.05, 0) is 43.9 Å². The van der Waals surface area contributed by atoms with Gasteiger partial charge in [0, 0.05) is 32.3 Å². The van der Waals surface area contributed by atoms with E-state index >= 15 is 0 Å². The molecule has 1 saturated heterocycles. The summed E-state index contributed by atoms with van der Waals surface area (Å²) in [5.41, 5.74) is 1.79. The Balaban J connectivity index is 1.85. The Labute approximate surface area is 156 Å². The van der Waals surface area contributed by atoms with Crippen LogP contribution >= 0.6 is 0 Å². The number of amides is 2. The molecular weight excluding hydrogens is 328 g/mol. The first-order valence-electron chi connectivity index (χ1n) is 9.20. The van der Waals surface area contributed by atoms with E-state index in [0.717, 1.165) is 5.56 Å². The molecule has 0 bridgehead atoms. The van der Waals surface area contributed by atoms with E-state index in [4.69, 9.17) is 4.74 Å². The standard InChI is InChI=1S/C21H30N2O3/c1-16(2)18-9-6-17(7-10-18)8-11-19(24)22-12-14-23(15-13-22)20(25)26-21(3,4)5/h6-11,16H,12-15H2,1-5H3/b11-8+. The fraction of sp³-hybridized carbons (Fsp3) is 0.524. The lowest BCUT2D eigenvalue weighted by molar-refractivity contribution is -0.127. The lowest BCUT2D eigenvalue weighted by atomic mass is 10.0. The van der Waals surface area contributed by atoms with Gasteiger partial charge in [-0.25, -0.2) is 4.79 Å². The van der Waals surface area contributed by atoms with Crippen LogP contribution in [-0.2, 0) is 9.53 Å². The molecule has 142 valence electrons. The van der Waals surface area contributed by atoms with Crippen molar-refractivity contribution in [2.45, 2.75) is 46.1 Å². The van der Waals surface area contributed by atoms with Gasteiger partial charge in [0.15, 0.2) is 0 Å². The smallest absolute Gasteiger partial charge is 0.410 e. The normalized spacial score (nSPS) is 15.6. The summed E-state index contributed by atoms with van der Waals surface area (Å²) in [6.07, 6.45) is 3.13. The van der Waals surface area contributed by atoms with Crippen molar-refractivity contribution in [2.24, 2.45) is 0 Å². The Morgan fingerprint density at radius 2 is 1.54 bits per heavy atom. The van der Waals surface area contributed by atoms with Gasteiger partial charge in [-0.3, -0.25) is 4.79 Å². The molecule has 26 heavy (non-hydrogen) atoms. The zero-order valence-corrected chi connectivity index (χ0v) is 16.5. The molecule has 1 aliphatic rings. The minimum atomic E-state index is -0.502. The molecule has 0 aromatic heterocycles. The summed E-state index contributed by atoms with van der Waals surface area (Å²) in [6.45, 7) is 11.9. The highest BCUT2D eigenvalue weighted by atomic mass is 16.6. The Kier molecular flexibility index (Phi) is 6.46. The summed E-state index contributed by atoms with van der Waals surface area (Å²) in [5.74, 6) is 0.470. The van der Waals surface area contributed by atoms with Crippen LogP contribution in [0.2, 0.25) is 0 Å². The molecule has 1 aliphatic heterocycles. The molecule has 5 heteroatoms. The molecule has 0 unspecified atom stereocenters. The molecule has 2 amide bonds. The van der Waals surface area contributed by atoms with E-state index in [-0.39, 0.29) is 12.0 Å². The number of piperazine rings is 1. The van der Waals surface area contributed by atoms with Crippen molar-refractivity contribution in [2.75, 3.05) is 26.2 Å². The molecule has 0 radical (unpaired) electrons. The van der Waals surface area contributed by atoms with E-state index < -0.39 is 5.60 Å². The zero-order chi connectivity index (χ0) is 19.3. The highest BCUT2D eigenvalue weighted by Crippen LogP contribution is 2.16. The summed E-state index contributed by atoms with van der Waals surface area (Å²) in [7, 11) is 0. The zero-order valence-electron chi connectivity index (χ0n) is 16.5. The van der Waals surface area contributed by atoms with Gasteiger partial charge in [0.25, 0.3) is 0 Å². The van der Waals surface area contributed by atoms with Crippen LogP contribution in [0.4, 0.5) is 4.79 Å². The summed E-state index contributed by atoms with van der Waals surface area (Å²) in [4.78, 5) is 27.8. The summed E-state index contributed by atoms with van der Waals surface area (Å²) >= 11 is 0. The van der Waals surface area contributed by atoms with Crippen molar-refractivity contribution < 1.29 is 14.3 Å². The molecule has 1 aromatic rings. The summed E-state index contributed by atoms with van der Waals surface area (Å²) in [6, 6.07) is 8.24. The van der Waals surface area contributed by atoms with Crippen LogP contribution in [0.3, 0.4) is 0 Å². The van der Waals surface area contributed by atoms with Crippen LogP contribution in [0.25, 0.3) is 6.08 Å². The predicted octanol–water partition coefficient (Wildman–Crippen LogP) is 3.90. The molecule has 0 aliphatic carbocycles. The maximum absolute atomic E-state index is 12.4. The van der Waals surface area contributed by atoms with Crippen LogP contribution in [0, 0.1) is 0 Å². The highest BCUT2D eigenvalue weighted by Gasteiger charge is 2.26. The molecule has 0 saturated carbocycles. The second-order valence-electron chi connectivity index (χ2n) is 7.95. The third kappa shape index (κ3) is 5.90. The van der Waals surface area contributed by atoms with Gasteiger partial charge in [0.2, 0.25) is 5.91 Å². The second-order valence-corrected chi connectivity index (χ2v) is 7.95. The number of hydrogen-bond acceptors (Lipinski definition) is 3. The molecule has 0 spiro atoms. The van der Waals surface area contributed by atoms with Gasteiger partial charge in [-0.1, -0.05) is 38.1 Å². The van der Waals surface area contributed by atoms with Gasteiger partial charge in [0.1, 0.15) is 5.60 Å². The van der Waals surface area contributed by atoms with Crippen molar-refractivity contribution in [1.29, 1.82) is 0 Å². The predicted molar refractivity (Wildman–Crippen MR) is 104 cm³/mol. The van der Waals surface area contributed by atoms with Gasteiger partial charge < -0.3 is 14.5 Å². The van der Waals surface area contributed by atoms with E-state index in [1.54, 1.807) is 15.9 Å². The van der Waals surface area contributed by atoms with Gasteiger partial charge in [-0.15, -0.1) is 0 Å². The van der Waals surface area contributed by atoms with E-state index in [1.165, 1.54) is 5.56 Å². The molecular formula is C21H30N2O3. The molecule has 2 rings (SSSR count). The summed E-state index contributed by atoms with van der Waals surface area (Å²) in [5, 5.41) is 0. The van der Waals surface area contributed by atoms with E-state index in [1.807, 2.05) is 39.0 Å². The third-order valence-corrected chi connectivity index (χ3v) is 4.26. The average Bonchev–Trinajstić information content (AvgIpc) is 2.58. The first kappa shape index (κ1) is 20.0. The van der Waals surface area contributed by atoms with Crippen LogP contribution in [0.1, 0.15) is 51.7 Å². The third-order valence-electron chi connectivity index (χ3n) is 4.26. The molecule has 0 atom stereocenters. The Hall–Kier alpha value is -2.30. The lowest BCUT2D eigenvalue weighted by Gasteiger charge is -2.35. The minimum Gasteiger partial charge on any atom is -0.444 e. The Bertz CT molecular complexity index is 649. The lowest BCUT2D eigenvalue weighted by Crippen LogP contribution is -2.51. The first-order valence-corrected chi connectivity index (χ1v) is 9.20. The number of ether oxygens (including phenoxy) is 1. The topological polar surface area (TPSA) is 49.9 Å². The van der Waals surface area contributed by atoms with E-state index in [0.29, 0.717) is 32.1 Å². The fourth-order valence-electron chi connectivity index (χ4n) is 2.70. The molecule has 1 aromatic carbocycles. The maximum atomic E-state index is 12.4. The van der Waals surface area contributed by atoms with Gasteiger partial charge in [-0.2, -0.15) is 0 Å². The van der Waals surface area contributed by atoms with Crippen LogP contribution in [0.15, 0.2) is 30.3 Å². The van der Waals surface area contributed by atoms with Crippen molar-refractivity contribution in [3.05, 3.63) is 41.5 Å². The molecule has 5 nitrogen and oxygen atoms in total. The number of benzene rings is 1. The second kappa shape index (κ2) is 8.39. The highest BCUT2D eigenvalue weighted by molar-refractivity contribution is 5.92. The molecule has 1 heterocycles. The van der Waals surface area contributed by atoms with Crippen molar-refractivity contribution in [1.82, 2.24) is 9.80 Å². The quantitative estimate of drug-likeness (QED) is 0.770.